The number of aromatic nitrogens is 2. The molecular weight excluding hydrogens is 314 g/mol. The Hall–Kier alpha value is -1.63. The van der Waals surface area contributed by atoms with E-state index in [9.17, 15) is 9.59 Å². The van der Waals surface area contributed by atoms with Gasteiger partial charge in [-0.1, -0.05) is 11.8 Å². The SMILES string of the molecule is CSc1nc(C)c(CCC(=O)OC(C)C(=O)NC2CC2)c(C)n1. The molecule has 1 fully saturated rings. The lowest BCUT2D eigenvalue weighted by molar-refractivity contribution is -0.154. The van der Waals surface area contributed by atoms with Crippen LogP contribution in [0.3, 0.4) is 0 Å². The van der Waals surface area contributed by atoms with E-state index in [1.54, 1.807) is 6.92 Å². The smallest absolute Gasteiger partial charge is 0.306 e. The van der Waals surface area contributed by atoms with Gasteiger partial charge >= 0.3 is 5.97 Å². The summed E-state index contributed by atoms with van der Waals surface area (Å²) in [6, 6.07) is 0.265. The Labute approximate surface area is 140 Å². The highest BCUT2D eigenvalue weighted by Crippen LogP contribution is 2.19. The van der Waals surface area contributed by atoms with Gasteiger partial charge in [0.25, 0.3) is 5.91 Å². The summed E-state index contributed by atoms with van der Waals surface area (Å²) in [7, 11) is 0. The van der Waals surface area contributed by atoms with Gasteiger partial charge < -0.3 is 10.1 Å². The number of rotatable bonds is 7. The molecule has 23 heavy (non-hydrogen) atoms. The molecule has 7 heteroatoms. The van der Waals surface area contributed by atoms with Crippen LogP contribution in [-0.4, -0.2) is 40.2 Å². The number of ether oxygens (including phenoxy) is 1. The van der Waals surface area contributed by atoms with Gasteiger partial charge in [-0.05, 0) is 51.9 Å². The van der Waals surface area contributed by atoms with Gasteiger partial charge in [-0.15, -0.1) is 0 Å². The zero-order chi connectivity index (χ0) is 17.0. The molecular formula is C16H23N3O3S. The lowest BCUT2D eigenvalue weighted by Crippen LogP contribution is -2.37. The van der Waals surface area contributed by atoms with E-state index in [2.05, 4.69) is 15.3 Å². The molecule has 0 spiro atoms. The fourth-order valence-corrected chi connectivity index (χ4v) is 2.70. The second-order valence-corrected chi connectivity index (χ2v) is 6.55. The number of carbonyl (C=O) groups excluding carboxylic acids is 2. The third-order valence-electron chi connectivity index (χ3n) is 3.76. The highest BCUT2D eigenvalue weighted by atomic mass is 32.2. The molecule has 1 atom stereocenters. The summed E-state index contributed by atoms with van der Waals surface area (Å²) in [4.78, 5) is 32.5. The van der Waals surface area contributed by atoms with Crippen LogP contribution in [0.4, 0.5) is 0 Å². The van der Waals surface area contributed by atoms with E-state index in [-0.39, 0.29) is 24.3 Å². The second-order valence-electron chi connectivity index (χ2n) is 5.77. The molecule has 1 aliphatic carbocycles. The Morgan fingerprint density at radius 1 is 1.30 bits per heavy atom. The van der Waals surface area contributed by atoms with Crippen molar-refractivity contribution in [3.8, 4) is 0 Å². The monoisotopic (exact) mass is 337 g/mol. The highest BCUT2D eigenvalue weighted by molar-refractivity contribution is 7.98. The molecule has 2 rings (SSSR count). The van der Waals surface area contributed by atoms with Gasteiger partial charge in [-0.3, -0.25) is 9.59 Å². The summed E-state index contributed by atoms with van der Waals surface area (Å²) in [5.41, 5.74) is 2.73. The number of nitrogens with one attached hydrogen (secondary N) is 1. The van der Waals surface area contributed by atoms with Crippen molar-refractivity contribution in [2.75, 3.05) is 6.26 Å². The van der Waals surface area contributed by atoms with Gasteiger partial charge in [-0.2, -0.15) is 0 Å². The molecule has 0 aromatic carbocycles. The van der Waals surface area contributed by atoms with Crippen LogP contribution in [-0.2, 0) is 20.7 Å². The standard InChI is InChI=1S/C16H23N3O3S/c1-9-13(10(2)18-16(17-9)23-4)7-8-14(20)22-11(3)15(21)19-12-5-6-12/h11-12H,5-8H2,1-4H3,(H,19,21). The maximum Gasteiger partial charge on any atom is 0.306 e. The predicted octanol–water partition coefficient (Wildman–Crippen LogP) is 1.96. The highest BCUT2D eigenvalue weighted by Gasteiger charge is 2.27. The van der Waals surface area contributed by atoms with Crippen LogP contribution in [0.2, 0.25) is 0 Å². The summed E-state index contributed by atoms with van der Waals surface area (Å²) in [5, 5.41) is 3.56. The molecule has 1 amide bonds. The zero-order valence-electron chi connectivity index (χ0n) is 14.0. The van der Waals surface area contributed by atoms with Crippen molar-refractivity contribution < 1.29 is 14.3 Å². The number of hydrogen-bond donors (Lipinski definition) is 1. The van der Waals surface area contributed by atoms with Crippen molar-refractivity contribution in [3.05, 3.63) is 17.0 Å². The van der Waals surface area contributed by atoms with Gasteiger partial charge in [0.1, 0.15) is 0 Å². The van der Waals surface area contributed by atoms with Gasteiger partial charge in [0.05, 0.1) is 0 Å². The molecule has 6 nitrogen and oxygen atoms in total. The molecule has 1 aliphatic rings. The molecule has 0 aliphatic heterocycles. The van der Waals surface area contributed by atoms with Crippen LogP contribution in [0.25, 0.3) is 0 Å². The van der Waals surface area contributed by atoms with Crippen molar-refractivity contribution >= 4 is 23.6 Å². The molecule has 0 saturated heterocycles. The minimum Gasteiger partial charge on any atom is -0.453 e. The number of aryl methyl sites for hydroxylation is 2. The van der Waals surface area contributed by atoms with Crippen molar-refractivity contribution in [1.82, 2.24) is 15.3 Å². The van der Waals surface area contributed by atoms with E-state index in [4.69, 9.17) is 4.74 Å². The summed E-state index contributed by atoms with van der Waals surface area (Å²) in [6.45, 7) is 5.43. The van der Waals surface area contributed by atoms with Crippen LogP contribution in [0, 0.1) is 13.8 Å². The number of thioether (sulfide) groups is 1. The first kappa shape index (κ1) is 17.7. The Bertz CT molecular complexity index is 579. The first-order valence-corrected chi connectivity index (χ1v) is 9.01. The fourth-order valence-electron chi connectivity index (χ4n) is 2.24. The Morgan fingerprint density at radius 2 is 1.91 bits per heavy atom. The summed E-state index contributed by atoms with van der Waals surface area (Å²) < 4.78 is 5.19. The second kappa shape index (κ2) is 7.77. The number of hydrogen-bond acceptors (Lipinski definition) is 6. The minimum absolute atomic E-state index is 0.213. The normalized spacial score (nSPS) is 15.1. The van der Waals surface area contributed by atoms with E-state index in [0.29, 0.717) is 6.42 Å². The van der Waals surface area contributed by atoms with Crippen molar-refractivity contribution in [1.29, 1.82) is 0 Å². The van der Waals surface area contributed by atoms with Crippen LogP contribution in [0.15, 0.2) is 5.16 Å². The van der Waals surface area contributed by atoms with Gasteiger partial charge in [0.15, 0.2) is 11.3 Å². The molecule has 0 bridgehead atoms. The molecule has 0 radical (unpaired) electrons. The first-order valence-electron chi connectivity index (χ1n) is 7.78. The topological polar surface area (TPSA) is 81.2 Å². The fraction of sp³-hybridized carbons (Fsp3) is 0.625. The maximum atomic E-state index is 11.9. The van der Waals surface area contributed by atoms with E-state index < -0.39 is 6.10 Å². The molecule has 1 aromatic rings. The Morgan fingerprint density at radius 3 is 2.43 bits per heavy atom. The third kappa shape index (κ3) is 5.20. The minimum atomic E-state index is -0.750. The largest absolute Gasteiger partial charge is 0.453 e. The van der Waals surface area contributed by atoms with Crippen LogP contribution < -0.4 is 5.32 Å². The average molecular weight is 337 g/mol. The van der Waals surface area contributed by atoms with Crippen molar-refractivity contribution in [2.45, 2.75) is 63.8 Å². The number of esters is 1. The van der Waals surface area contributed by atoms with Crippen LogP contribution in [0.5, 0.6) is 0 Å². The molecule has 1 unspecified atom stereocenters. The predicted molar refractivity (Wildman–Crippen MR) is 88.3 cm³/mol. The summed E-state index contributed by atoms with van der Waals surface area (Å²) in [5.74, 6) is -0.600. The molecule has 1 saturated carbocycles. The van der Waals surface area contributed by atoms with E-state index >= 15 is 0 Å². The van der Waals surface area contributed by atoms with E-state index in [1.165, 1.54) is 11.8 Å². The van der Waals surface area contributed by atoms with Crippen LogP contribution >= 0.6 is 11.8 Å². The van der Waals surface area contributed by atoms with Crippen LogP contribution in [0.1, 0.15) is 43.1 Å². The molecule has 126 valence electrons. The summed E-state index contributed by atoms with van der Waals surface area (Å²) >= 11 is 1.49. The molecule has 1 aromatic heterocycles. The quantitative estimate of drug-likeness (QED) is 0.465. The van der Waals surface area contributed by atoms with E-state index in [1.807, 2.05) is 20.1 Å². The Balaban J connectivity index is 1.85. The Kier molecular flexibility index (Phi) is 5.98. The summed E-state index contributed by atoms with van der Waals surface area (Å²) in [6.07, 6.45) is 3.93. The van der Waals surface area contributed by atoms with E-state index in [0.717, 1.165) is 34.9 Å². The third-order valence-corrected chi connectivity index (χ3v) is 4.31. The number of carbonyl (C=O) groups is 2. The lowest BCUT2D eigenvalue weighted by Gasteiger charge is -2.14. The lowest BCUT2D eigenvalue weighted by atomic mass is 10.1. The average Bonchev–Trinajstić information content (AvgIpc) is 3.29. The van der Waals surface area contributed by atoms with Gasteiger partial charge in [0, 0.05) is 23.9 Å². The number of amides is 1. The number of nitrogens with zero attached hydrogens (tertiary/aromatic N) is 2. The van der Waals surface area contributed by atoms with Gasteiger partial charge in [-0.25, -0.2) is 9.97 Å². The maximum absolute atomic E-state index is 11.9. The van der Waals surface area contributed by atoms with Crippen molar-refractivity contribution in [2.24, 2.45) is 0 Å². The first-order chi connectivity index (χ1) is 10.9. The molecule has 1 N–H and O–H groups in total. The molecule has 1 heterocycles. The van der Waals surface area contributed by atoms with Crippen molar-refractivity contribution in [3.63, 3.8) is 0 Å². The zero-order valence-corrected chi connectivity index (χ0v) is 14.8. The van der Waals surface area contributed by atoms with Gasteiger partial charge in [0.2, 0.25) is 0 Å².